The van der Waals surface area contributed by atoms with Crippen molar-refractivity contribution in [1.29, 1.82) is 0 Å². The van der Waals surface area contributed by atoms with Crippen LogP contribution in [0.3, 0.4) is 0 Å². The van der Waals surface area contributed by atoms with E-state index in [1.807, 2.05) is 0 Å². The summed E-state index contributed by atoms with van der Waals surface area (Å²) in [6.45, 7) is 0. The molecule has 0 radical (unpaired) electrons. The summed E-state index contributed by atoms with van der Waals surface area (Å²) in [5.74, 6) is -3.70. The maximum Gasteiger partial charge on any atom is 0.133 e. The van der Waals surface area contributed by atoms with Crippen LogP contribution in [-0.2, 0) is 6.42 Å². The first kappa shape index (κ1) is 15.0. The molecule has 2 aromatic rings. The molecule has 6 heteroatoms. The van der Waals surface area contributed by atoms with Gasteiger partial charge in [0.2, 0.25) is 0 Å². The molecule has 1 nitrogen and oxygen atoms in total. The van der Waals surface area contributed by atoms with E-state index in [4.69, 9.17) is 5.73 Å². The van der Waals surface area contributed by atoms with E-state index in [9.17, 15) is 17.6 Å². The second kappa shape index (κ2) is 5.93. The molecular formula is C14H10BrF4N. The van der Waals surface area contributed by atoms with Crippen molar-refractivity contribution in [2.75, 3.05) is 0 Å². The Morgan fingerprint density at radius 1 is 0.950 bits per heavy atom. The highest BCUT2D eigenvalue weighted by molar-refractivity contribution is 9.10. The number of halogens is 5. The van der Waals surface area contributed by atoms with Crippen LogP contribution in [0.25, 0.3) is 0 Å². The van der Waals surface area contributed by atoms with Crippen LogP contribution in [0, 0.1) is 23.3 Å². The number of hydrogen-bond donors (Lipinski definition) is 1. The summed E-state index contributed by atoms with van der Waals surface area (Å²) < 4.78 is 54.2. The zero-order valence-corrected chi connectivity index (χ0v) is 11.7. The van der Waals surface area contributed by atoms with Crippen molar-refractivity contribution in [2.24, 2.45) is 5.73 Å². The van der Waals surface area contributed by atoms with Gasteiger partial charge in [-0.15, -0.1) is 0 Å². The number of rotatable bonds is 3. The van der Waals surface area contributed by atoms with Crippen molar-refractivity contribution in [3.8, 4) is 0 Å². The van der Waals surface area contributed by atoms with E-state index in [1.54, 1.807) is 0 Å². The Hall–Kier alpha value is -1.40. The van der Waals surface area contributed by atoms with E-state index in [-0.39, 0.29) is 12.0 Å². The molecule has 0 saturated carbocycles. The van der Waals surface area contributed by atoms with Gasteiger partial charge < -0.3 is 5.73 Å². The average molecular weight is 348 g/mol. The fourth-order valence-electron chi connectivity index (χ4n) is 1.95. The van der Waals surface area contributed by atoms with Crippen LogP contribution < -0.4 is 5.73 Å². The Labute approximate surface area is 121 Å². The van der Waals surface area contributed by atoms with Crippen LogP contribution >= 0.6 is 15.9 Å². The van der Waals surface area contributed by atoms with Crippen molar-refractivity contribution in [3.63, 3.8) is 0 Å². The number of hydrogen-bond acceptors (Lipinski definition) is 1. The second-order valence-corrected chi connectivity index (χ2v) is 5.25. The minimum absolute atomic E-state index is 0.106. The largest absolute Gasteiger partial charge is 0.323 e. The highest BCUT2D eigenvalue weighted by atomic mass is 79.9. The van der Waals surface area contributed by atoms with Gasteiger partial charge in [-0.25, -0.2) is 17.6 Å². The van der Waals surface area contributed by atoms with Gasteiger partial charge in [-0.05, 0) is 30.2 Å². The zero-order chi connectivity index (χ0) is 14.9. The molecule has 0 aliphatic carbocycles. The molecule has 0 aliphatic heterocycles. The van der Waals surface area contributed by atoms with Crippen molar-refractivity contribution in [3.05, 3.63) is 69.2 Å². The lowest BCUT2D eigenvalue weighted by atomic mass is 9.98. The lowest BCUT2D eigenvalue weighted by molar-refractivity contribution is 0.497. The third-order valence-corrected chi connectivity index (χ3v) is 3.36. The van der Waals surface area contributed by atoms with Crippen molar-refractivity contribution in [1.82, 2.24) is 0 Å². The molecule has 0 aromatic heterocycles. The summed E-state index contributed by atoms with van der Waals surface area (Å²) in [5.41, 5.74) is 5.48. The predicted octanol–water partition coefficient (Wildman–Crippen LogP) is 4.25. The summed E-state index contributed by atoms with van der Waals surface area (Å²) in [5, 5.41) is 0. The fourth-order valence-corrected chi connectivity index (χ4v) is 2.35. The summed E-state index contributed by atoms with van der Waals surface area (Å²) in [6, 6.07) is 4.20. The van der Waals surface area contributed by atoms with Gasteiger partial charge in [-0.1, -0.05) is 15.9 Å². The van der Waals surface area contributed by atoms with E-state index in [0.29, 0.717) is 16.6 Å². The highest BCUT2D eigenvalue weighted by Gasteiger charge is 2.20. The van der Waals surface area contributed by atoms with Gasteiger partial charge in [0.1, 0.15) is 23.3 Å². The molecule has 1 atom stereocenters. The van der Waals surface area contributed by atoms with Crippen LogP contribution in [-0.4, -0.2) is 0 Å². The smallest absolute Gasteiger partial charge is 0.133 e. The second-order valence-electron chi connectivity index (χ2n) is 4.33. The van der Waals surface area contributed by atoms with E-state index >= 15 is 0 Å². The van der Waals surface area contributed by atoms with E-state index in [2.05, 4.69) is 15.9 Å². The maximum atomic E-state index is 13.6. The lowest BCUT2D eigenvalue weighted by Gasteiger charge is -2.15. The standard InChI is InChI=1S/C14H10BrF4N/c15-8-1-2-10(17)7(3-8)4-13(20)14-11(18)5-9(16)6-12(14)19/h1-3,5-6,13H,4,20H2. The molecule has 0 saturated heterocycles. The summed E-state index contributed by atoms with van der Waals surface area (Å²) >= 11 is 3.18. The van der Waals surface area contributed by atoms with Crippen LogP contribution in [0.15, 0.2) is 34.8 Å². The average Bonchev–Trinajstić information content (AvgIpc) is 2.32. The molecular weight excluding hydrogens is 338 g/mol. The minimum atomic E-state index is -1.11. The van der Waals surface area contributed by atoms with E-state index in [1.165, 1.54) is 18.2 Å². The van der Waals surface area contributed by atoms with Gasteiger partial charge >= 0.3 is 0 Å². The Morgan fingerprint density at radius 2 is 1.55 bits per heavy atom. The molecule has 0 spiro atoms. The zero-order valence-electron chi connectivity index (χ0n) is 10.1. The van der Waals surface area contributed by atoms with Gasteiger partial charge in [-0.2, -0.15) is 0 Å². The highest BCUT2D eigenvalue weighted by Crippen LogP contribution is 2.25. The van der Waals surface area contributed by atoms with Gasteiger partial charge in [0.05, 0.1) is 0 Å². The summed E-state index contributed by atoms with van der Waals surface area (Å²) in [4.78, 5) is 0. The Morgan fingerprint density at radius 3 is 2.15 bits per heavy atom. The van der Waals surface area contributed by atoms with Crippen molar-refractivity contribution in [2.45, 2.75) is 12.5 Å². The number of benzene rings is 2. The first-order chi connectivity index (χ1) is 9.38. The van der Waals surface area contributed by atoms with Crippen molar-refractivity contribution >= 4 is 15.9 Å². The topological polar surface area (TPSA) is 26.0 Å². The summed E-state index contributed by atoms with van der Waals surface area (Å²) in [6.07, 6.45) is -0.106. The molecule has 0 heterocycles. The molecule has 106 valence electrons. The molecule has 2 aromatic carbocycles. The monoisotopic (exact) mass is 347 g/mol. The van der Waals surface area contributed by atoms with Crippen LogP contribution in [0.2, 0.25) is 0 Å². The third kappa shape index (κ3) is 3.19. The van der Waals surface area contributed by atoms with Gasteiger partial charge in [0, 0.05) is 28.2 Å². The van der Waals surface area contributed by atoms with Crippen LogP contribution in [0.5, 0.6) is 0 Å². The molecule has 0 bridgehead atoms. The first-order valence-corrected chi connectivity index (χ1v) is 6.51. The Kier molecular flexibility index (Phi) is 4.45. The quantitative estimate of drug-likeness (QED) is 0.825. The molecule has 20 heavy (non-hydrogen) atoms. The molecule has 0 aliphatic rings. The molecule has 0 amide bonds. The van der Waals surface area contributed by atoms with Crippen LogP contribution in [0.4, 0.5) is 17.6 Å². The summed E-state index contributed by atoms with van der Waals surface area (Å²) in [7, 11) is 0. The Balaban J connectivity index is 2.33. The van der Waals surface area contributed by atoms with Gasteiger partial charge in [-0.3, -0.25) is 0 Å². The molecule has 2 rings (SSSR count). The molecule has 2 N–H and O–H groups in total. The normalized spacial score (nSPS) is 12.5. The first-order valence-electron chi connectivity index (χ1n) is 5.72. The fraction of sp³-hybridized carbons (Fsp3) is 0.143. The van der Waals surface area contributed by atoms with Gasteiger partial charge in [0.15, 0.2) is 0 Å². The number of nitrogens with two attached hydrogens (primary N) is 1. The molecule has 1 unspecified atom stereocenters. The third-order valence-electron chi connectivity index (χ3n) is 2.86. The van der Waals surface area contributed by atoms with Gasteiger partial charge in [0.25, 0.3) is 0 Å². The molecule has 0 fully saturated rings. The Bertz CT molecular complexity index is 622. The van der Waals surface area contributed by atoms with Crippen LogP contribution in [0.1, 0.15) is 17.2 Å². The SMILES string of the molecule is NC(Cc1cc(Br)ccc1F)c1c(F)cc(F)cc1F. The predicted molar refractivity (Wildman–Crippen MR) is 71.0 cm³/mol. The minimum Gasteiger partial charge on any atom is -0.323 e. The van der Waals surface area contributed by atoms with E-state index < -0.39 is 34.9 Å². The maximum absolute atomic E-state index is 13.6. The van der Waals surface area contributed by atoms with E-state index in [0.717, 1.165) is 0 Å². The van der Waals surface area contributed by atoms with Crippen molar-refractivity contribution < 1.29 is 17.6 Å². The lowest BCUT2D eigenvalue weighted by Crippen LogP contribution is -2.18.